The summed E-state index contributed by atoms with van der Waals surface area (Å²) in [7, 11) is 3.83. The van der Waals surface area contributed by atoms with Crippen molar-refractivity contribution < 1.29 is 23.9 Å². The van der Waals surface area contributed by atoms with Gasteiger partial charge in [0.05, 0.1) is 31.9 Å². The van der Waals surface area contributed by atoms with Gasteiger partial charge in [0, 0.05) is 81.4 Å². The van der Waals surface area contributed by atoms with Gasteiger partial charge in [0.25, 0.3) is 0 Å². The number of imide groups is 1. The Hall–Kier alpha value is -5.63. The summed E-state index contributed by atoms with van der Waals surface area (Å²) in [6, 6.07) is 24.4. The first-order valence-electron chi connectivity index (χ1n) is 23.8. The summed E-state index contributed by atoms with van der Waals surface area (Å²) in [5.41, 5.74) is 7.01. The number of hydrogen-bond acceptors (Lipinski definition) is 9. The molecule has 4 aliphatic rings. The Balaban J connectivity index is 0.734. The number of hydrogen-bond donors (Lipinski definition) is 1. The maximum absolute atomic E-state index is 14.1. The molecule has 3 aliphatic heterocycles. The number of nitrogens with zero attached hydrogens (tertiary/aromatic N) is 7. The van der Waals surface area contributed by atoms with Crippen LogP contribution in [-0.2, 0) is 22.4 Å². The number of piperazine rings is 1. The number of fused-ring (bicyclic) bond motifs is 2. The van der Waals surface area contributed by atoms with Gasteiger partial charge in [-0.05, 0) is 154 Å². The Labute approximate surface area is 393 Å². The molecular weight excluding hydrogens is 852 g/mol. The van der Waals surface area contributed by atoms with E-state index in [1.54, 1.807) is 18.2 Å². The number of methoxy groups -OCH3 is 1. The van der Waals surface area contributed by atoms with Gasteiger partial charge in [0.2, 0.25) is 11.8 Å². The first-order chi connectivity index (χ1) is 32.0. The Kier molecular flexibility index (Phi) is 13.8. The van der Waals surface area contributed by atoms with E-state index in [9.17, 15) is 14.4 Å². The third-order valence-corrected chi connectivity index (χ3v) is 14.3. The van der Waals surface area contributed by atoms with Gasteiger partial charge in [0.15, 0.2) is 11.5 Å². The number of benzene rings is 3. The van der Waals surface area contributed by atoms with Crippen LogP contribution in [0.3, 0.4) is 0 Å². The zero-order chi connectivity index (χ0) is 45.9. The van der Waals surface area contributed by atoms with Gasteiger partial charge < -0.3 is 24.2 Å². The first-order valence-corrected chi connectivity index (χ1v) is 24.2. The predicted octanol–water partition coefficient (Wildman–Crippen LogP) is 8.54. The number of ether oxygens (including phenoxy) is 2. The monoisotopic (exact) mass is 914 g/mol. The topological polar surface area (TPSA) is 115 Å². The molecular formula is C52H63ClN8O5. The fourth-order valence-electron chi connectivity index (χ4n) is 10.5. The summed E-state index contributed by atoms with van der Waals surface area (Å²) in [6.07, 6.45) is 12.5. The normalized spacial score (nSPS) is 20.8. The molecule has 13 nitrogen and oxygen atoms in total. The first kappa shape index (κ1) is 45.5. The molecule has 2 saturated heterocycles. The van der Waals surface area contributed by atoms with Crippen molar-refractivity contribution in [2.75, 3.05) is 74.7 Å². The maximum Gasteiger partial charge on any atom is 0.329 e. The second kappa shape index (κ2) is 20.1. The Morgan fingerprint density at radius 1 is 0.879 bits per heavy atom. The molecule has 2 aromatic heterocycles. The zero-order valence-corrected chi connectivity index (χ0v) is 39.5. The van der Waals surface area contributed by atoms with Crippen molar-refractivity contribution in [3.05, 3.63) is 112 Å². The average molecular weight is 916 g/mol. The van der Waals surface area contributed by atoms with Crippen LogP contribution in [0.1, 0.15) is 87.1 Å². The molecule has 9 rings (SSSR count). The minimum absolute atomic E-state index is 0.0304. The van der Waals surface area contributed by atoms with Gasteiger partial charge in [-0.15, -0.1) is 0 Å². The molecule has 0 unspecified atom stereocenters. The predicted molar refractivity (Wildman–Crippen MR) is 260 cm³/mol. The van der Waals surface area contributed by atoms with Crippen molar-refractivity contribution in [2.45, 2.75) is 89.8 Å². The molecule has 3 aromatic carbocycles. The molecule has 0 bridgehead atoms. The number of amides is 4. The lowest BCUT2D eigenvalue weighted by Crippen LogP contribution is -2.51. The van der Waals surface area contributed by atoms with E-state index in [2.05, 4.69) is 68.4 Å². The number of imidazole rings is 1. The van der Waals surface area contributed by atoms with Gasteiger partial charge >= 0.3 is 6.03 Å². The van der Waals surface area contributed by atoms with Crippen LogP contribution < -0.4 is 29.5 Å². The van der Waals surface area contributed by atoms with Crippen LogP contribution in [0.4, 0.5) is 22.0 Å². The Bertz CT molecular complexity index is 2510. The molecule has 1 N–H and O–H groups in total. The molecule has 1 saturated carbocycles. The van der Waals surface area contributed by atoms with E-state index in [1.165, 1.54) is 31.2 Å². The third kappa shape index (κ3) is 10.0. The standard InChI is InChI=1S/C52H63ClN8O5/c1-35(2)66-46-32-44-39(30-45(46)65-4)31-50(63)61(51(44)38-10-12-40(53)13-11-38)43-18-16-41(17-19-43)56(3)34-37-8-14-42(15-9-37)58-27-25-57(26-28-58)22-6-5-7-36-20-23-59-47(29-36)54-33-49(59)60-24-21-48(62)55-52(60)64/h10-13,16-20,23,29-30,32-33,35,37,42,51H,5-9,14-15,21-22,24-28,31,34H2,1-4H3,(H,55,62,64)/t37-,42-,51-/m0/s1. The van der Waals surface area contributed by atoms with E-state index >= 15 is 0 Å². The lowest BCUT2D eigenvalue weighted by Gasteiger charge is -2.42. The van der Waals surface area contributed by atoms with Crippen molar-refractivity contribution in [1.29, 1.82) is 0 Å². The minimum Gasteiger partial charge on any atom is -0.493 e. The van der Waals surface area contributed by atoms with Crippen LogP contribution in [0.15, 0.2) is 85.2 Å². The highest BCUT2D eigenvalue weighted by atomic mass is 35.5. The number of unbranched alkanes of at least 4 members (excludes halogenated alkanes) is 1. The van der Waals surface area contributed by atoms with Crippen LogP contribution in [0.25, 0.3) is 5.65 Å². The second-order valence-electron chi connectivity index (χ2n) is 18.8. The number of anilines is 3. The molecule has 5 aromatic rings. The van der Waals surface area contributed by atoms with Crippen molar-refractivity contribution in [3.63, 3.8) is 0 Å². The minimum atomic E-state index is -0.397. The molecule has 1 atom stereocenters. The molecule has 0 spiro atoms. The Morgan fingerprint density at radius 3 is 2.35 bits per heavy atom. The summed E-state index contributed by atoms with van der Waals surface area (Å²) < 4.78 is 13.8. The lowest BCUT2D eigenvalue weighted by molar-refractivity contribution is -0.120. The SMILES string of the molecule is COc1cc2c(cc1OC(C)C)[C@H](c1ccc(Cl)cc1)N(c1ccc(N(C)C[C@H]3CC[C@H](N4CCN(CCCCc5ccn6c(N7CCC(=O)NC7=O)cnc6c5)CC4)CC3)cc1)C(=O)C2. The van der Waals surface area contributed by atoms with Crippen LogP contribution in [0.2, 0.25) is 5.02 Å². The number of carbonyl (C=O) groups is 3. The average Bonchev–Trinajstić information content (AvgIpc) is 3.73. The highest BCUT2D eigenvalue weighted by Crippen LogP contribution is 2.44. The summed E-state index contributed by atoms with van der Waals surface area (Å²) in [5, 5.41) is 3.04. The van der Waals surface area contributed by atoms with E-state index in [1.807, 2.05) is 65.7 Å². The molecule has 3 fully saturated rings. The Morgan fingerprint density at radius 2 is 1.64 bits per heavy atom. The lowest BCUT2D eigenvalue weighted by atomic mass is 9.84. The van der Waals surface area contributed by atoms with Crippen LogP contribution in [0.5, 0.6) is 11.5 Å². The fraction of sp³-hybridized carbons (Fsp3) is 0.462. The van der Waals surface area contributed by atoms with Crippen molar-refractivity contribution >= 4 is 52.3 Å². The van der Waals surface area contributed by atoms with Gasteiger partial charge in [-0.25, -0.2) is 9.78 Å². The van der Waals surface area contributed by atoms with E-state index < -0.39 is 6.03 Å². The van der Waals surface area contributed by atoms with E-state index in [-0.39, 0.29) is 36.8 Å². The van der Waals surface area contributed by atoms with E-state index in [4.69, 9.17) is 21.1 Å². The largest absolute Gasteiger partial charge is 0.493 e. The number of aromatic nitrogens is 2. The maximum atomic E-state index is 14.1. The third-order valence-electron chi connectivity index (χ3n) is 14.1. The van der Waals surface area contributed by atoms with Crippen molar-refractivity contribution in [2.24, 2.45) is 5.92 Å². The van der Waals surface area contributed by atoms with Crippen molar-refractivity contribution in [1.82, 2.24) is 24.5 Å². The molecule has 4 amide bonds. The number of pyridine rings is 1. The number of carbonyl (C=O) groups excluding carboxylic acids is 3. The fourth-order valence-corrected chi connectivity index (χ4v) is 10.7. The highest BCUT2D eigenvalue weighted by molar-refractivity contribution is 6.30. The van der Waals surface area contributed by atoms with Gasteiger partial charge in [-0.1, -0.05) is 23.7 Å². The van der Waals surface area contributed by atoms with E-state index in [0.717, 1.165) is 92.2 Å². The number of aryl methyl sites for hydroxylation is 1. The van der Waals surface area contributed by atoms with Gasteiger partial charge in [0.1, 0.15) is 11.5 Å². The summed E-state index contributed by atoms with van der Waals surface area (Å²) in [6.45, 7) is 11.1. The smallest absolute Gasteiger partial charge is 0.329 e. The van der Waals surface area contributed by atoms with Crippen LogP contribution in [-0.4, -0.2) is 109 Å². The molecule has 348 valence electrons. The zero-order valence-electron chi connectivity index (χ0n) is 38.8. The number of urea groups is 1. The van der Waals surface area contributed by atoms with Gasteiger partial charge in [-0.2, -0.15) is 0 Å². The molecule has 5 heterocycles. The quantitative estimate of drug-likeness (QED) is 0.103. The van der Waals surface area contributed by atoms with Crippen molar-refractivity contribution in [3.8, 4) is 11.5 Å². The highest BCUT2D eigenvalue weighted by Gasteiger charge is 2.37. The molecule has 14 heteroatoms. The number of rotatable bonds is 15. The summed E-state index contributed by atoms with van der Waals surface area (Å²) in [4.78, 5) is 53.9. The van der Waals surface area contributed by atoms with E-state index in [0.29, 0.717) is 40.8 Å². The van der Waals surface area contributed by atoms with Crippen LogP contribution in [0, 0.1) is 5.92 Å². The second-order valence-corrected chi connectivity index (χ2v) is 19.2. The number of nitrogens with one attached hydrogen (secondary N) is 1. The van der Waals surface area contributed by atoms with Gasteiger partial charge in [-0.3, -0.25) is 29.1 Å². The molecule has 1 aliphatic carbocycles. The van der Waals surface area contributed by atoms with Crippen LogP contribution >= 0.6 is 11.6 Å². The number of halogens is 1. The summed E-state index contributed by atoms with van der Waals surface area (Å²) >= 11 is 6.34. The summed E-state index contributed by atoms with van der Waals surface area (Å²) in [5.74, 6) is 2.42. The molecule has 66 heavy (non-hydrogen) atoms. The molecule has 0 radical (unpaired) electrons.